The minimum Gasteiger partial charge on any atom is -0.256 e. The monoisotopic (exact) mass is 717 g/mol. The SMILES string of the molecule is c1ccc(-c2ccc(-c3nc(-c4ccc(-c5ccc(-c6cc7cccnc7c7ccccc67)c6ccccc56)cc4)nc4c3sc3ccccc34)cc2)cc1. The molecule has 0 radical (unpaired) electrons. The van der Waals surface area contributed by atoms with Gasteiger partial charge in [0, 0.05) is 38.2 Å². The highest BCUT2D eigenvalue weighted by atomic mass is 32.1. The average molecular weight is 718 g/mol. The maximum Gasteiger partial charge on any atom is 0.160 e. The van der Waals surface area contributed by atoms with E-state index in [1.807, 2.05) is 12.3 Å². The number of rotatable bonds is 5. The molecule has 4 heteroatoms. The first kappa shape index (κ1) is 31.5. The van der Waals surface area contributed by atoms with Crippen molar-refractivity contribution in [3.63, 3.8) is 0 Å². The lowest BCUT2D eigenvalue weighted by Gasteiger charge is -2.15. The summed E-state index contributed by atoms with van der Waals surface area (Å²) >= 11 is 1.76. The van der Waals surface area contributed by atoms with Crippen LogP contribution in [0.1, 0.15) is 0 Å². The molecule has 55 heavy (non-hydrogen) atoms. The van der Waals surface area contributed by atoms with Crippen molar-refractivity contribution in [3.05, 3.63) is 188 Å². The lowest BCUT2D eigenvalue weighted by Crippen LogP contribution is -1.94. The van der Waals surface area contributed by atoms with E-state index in [2.05, 4.69) is 176 Å². The molecule has 0 aliphatic heterocycles. The van der Waals surface area contributed by atoms with Gasteiger partial charge in [-0.3, -0.25) is 4.98 Å². The van der Waals surface area contributed by atoms with E-state index in [4.69, 9.17) is 15.0 Å². The van der Waals surface area contributed by atoms with Gasteiger partial charge in [0.05, 0.1) is 21.4 Å². The number of hydrogen-bond acceptors (Lipinski definition) is 4. The Kier molecular flexibility index (Phi) is 7.35. The van der Waals surface area contributed by atoms with Crippen LogP contribution in [-0.2, 0) is 0 Å². The van der Waals surface area contributed by atoms with Crippen LogP contribution in [0.2, 0.25) is 0 Å². The van der Waals surface area contributed by atoms with Crippen LogP contribution in [0.25, 0.3) is 109 Å². The van der Waals surface area contributed by atoms with Gasteiger partial charge in [0.2, 0.25) is 0 Å². The summed E-state index contributed by atoms with van der Waals surface area (Å²) in [6.45, 7) is 0. The number of benzene rings is 8. The van der Waals surface area contributed by atoms with Crippen molar-refractivity contribution in [2.75, 3.05) is 0 Å². The molecule has 3 nitrogen and oxygen atoms in total. The summed E-state index contributed by atoms with van der Waals surface area (Å²) in [4.78, 5) is 15.2. The molecule has 0 fully saturated rings. The third-order valence-corrected chi connectivity index (χ3v) is 11.9. The van der Waals surface area contributed by atoms with Gasteiger partial charge < -0.3 is 0 Å². The van der Waals surface area contributed by atoms with Crippen LogP contribution < -0.4 is 0 Å². The second-order valence-corrected chi connectivity index (χ2v) is 15.0. The third kappa shape index (κ3) is 5.30. The summed E-state index contributed by atoms with van der Waals surface area (Å²) in [5, 5.41) is 7.11. The van der Waals surface area contributed by atoms with Gasteiger partial charge in [0.25, 0.3) is 0 Å². The zero-order valence-corrected chi connectivity index (χ0v) is 30.5. The molecule has 0 bridgehead atoms. The van der Waals surface area contributed by atoms with Crippen LogP contribution in [0.5, 0.6) is 0 Å². The normalized spacial score (nSPS) is 11.6. The molecule has 256 valence electrons. The van der Waals surface area contributed by atoms with Crippen LogP contribution in [0, 0.1) is 0 Å². The third-order valence-electron chi connectivity index (χ3n) is 10.8. The Morgan fingerprint density at radius 1 is 0.364 bits per heavy atom. The fourth-order valence-electron chi connectivity index (χ4n) is 8.09. The summed E-state index contributed by atoms with van der Waals surface area (Å²) in [7, 11) is 0. The predicted octanol–water partition coefficient (Wildman–Crippen LogP) is 14.0. The lowest BCUT2D eigenvalue weighted by molar-refractivity contribution is 1.24. The molecule has 0 saturated heterocycles. The van der Waals surface area contributed by atoms with Gasteiger partial charge in [-0.2, -0.15) is 0 Å². The van der Waals surface area contributed by atoms with Crippen LogP contribution in [0.4, 0.5) is 0 Å². The fourth-order valence-corrected chi connectivity index (χ4v) is 9.24. The highest BCUT2D eigenvalue weighted by molar-refractivity contribution is 7.26. The maximum atomic E-state index is 5.28. The van der Waals surface area contributed by atoms with Gasteiger partial charge in [-0.1, -0.05) is 164 Å². The molecule has 0 amide bonds. The van der Waals surface area contributed by atoms with Gasteiger partial charge in [-0.05, 0) is 67.7 Å². The van der Waals surface area contributed by atoms with Crippen molar-refractivity contribution in [1.29, 1.82) is 0 Å². The first-order chi connectivity index (χ1) is 27.3. The van der Waals surface area contributed by atoms with Crippen molar-refractivity contribution < 1.29 is 0 Å². The van der Waals surface area contributed by atoms with Crippen LogP contribution >= 0.6 is 11.3 Å². The number of thiophene rings is 1. The van der Waals surface area contributed by atoms with Crippen molar-refractivity contribution in [2.24, 2.45) is 0 Å². The zero-order valence-electron chi connectivity index (χ0n) is 29.6. The van der Waals surface area contributed by atoms with E-state index in [1.165, 1.54) is 54.1 Å². The minimum atomic E-state index is 0.725. The molecule has 11 aromatic rings. The summed E-state index contributed by atoms with van der Waals surface area (Å²) in [6.07, 6.45) is 1.88. The molecule has 0 aliphatic rings. The van der Waals surface area contributed by atoms with Crippen LogP contribution in [0.15, 0.2) is 188 Å². The Labute approximate surface area is 321 Å². The highest BCUT2D eigenvalue weighted by Crippen LogP contribution is 2.42. The van der Waals surface area contributed by atoms with E-state index in [9.17, 15) is 0 Å². The van der Waals surface area contributed by atoms with Crippen LogP contribution in [0.3, 0.4) is 0 Å². The standard InChI is InChI=1S/C51H31N3S/c1-2-11-32(12-3-1)33-20-24-35(25-21-33)48-50-49(44-18-8-9-19-46(44)55-50)54-51(53-48)36-26-22-34(23-27-36)38-28-29-42(40-15-5-4-14-39(38)40)45-31-37-13-10-30-52-47(37)43-17-7-6-16-41(43)45/h1-31H. The van der Waals surface area contributed by atoms with E-state index in [0.29, 0.717) is 0 Å². The van der Waals surface area contributed by atoms with Gasteiger partial charge >= 0.3 is 0 Å². The van der Waals surface area contributed by atoms with Crippen molar-refractivity contribution in [2.45, 2.75) is 0 Å². The summed E-state index contributed by atoms with van der Waals surface area (Å²) in [5.74, 6) is 0.725. The number of hydrogen-bond donors (Lipinski definition) is 0. The second kappa shape index (κ2) is 12.8. The molecule has 0 aliphatic carbocycles. The predicted molar refractivity (Wildman–Crippen MR) is 232 cm³/mol. The second-order valence-electron chi connectivity index (χ2n) is 13.9. The average Bonchev–Trinajstić information content (AvgIpc) is 3.65. The quantitative estimate of drug-likeness (QED) is 0.166. The van der Waals surface area contributed by atoms with Gasteiger partial charge in [-0.15, -0.1) is 11.3 Å². The Morgan fingerprint density at radius 3 is 1.73 bits per heavy atom. The summed E-state index contributed by atoms with van der Waals surface area (Å²) in [6, 6.07) is 64.9. The fraction of sp³-hybridized carbons (Fsp3) is 0. The highest BCUT2D eigenvalue weighted by Gasteiger charge is 2.18. The van der Waals surface area contributed by atoms with E-state index in [-0.39, 0.29) is 0 Å². The van der Waals surface area contributed by atoms with Crippen molar-refractivity contribution in [3.8, 4) is 56.0 Å². The zero-order chi connectivity index (χ0) is 36.3. The number of pyridine rings is 1. The molecular formula is C51H31N3S. The Balaban J connectivity index is 1.02. The Bertz CT molecular complexity index is 3240. The van der Waals surface area contributed by atoms with Gasteiger partial charge in [0.15, 0.2) is 5.82 Å². The van der Waals surface area contributed by atoms with Gasteiger partial charge in [-0.25, -0.2) is 9.97 Å². The maximum absolute atomic E-state index is 5.28. The molecule has 0 N–H and O–H groups in total. The van der Waals surface area contributed by atoms with E-state index < -0.39 is 0 Å². The Hall–Kier alpha value is -7.01. The van der Waals surface area contributed by atoms with Crippen molar-refractivity contribution in [1.82, 2.24) is 15.0 Å². The Morgan fingerprint density at radius 2 is 0.945 bits per heavy atom. The molecule has 0 spiro atoms. The van der Waals surface area contributed by atoms with Crippen molar-refractivity contribution >= 4 is 64.1 Å². The smallest absolute Gasteiger partial charge is 0.160 e. The topological polar surface area (TPSA) is 38.7 Å². The molecule has 3 aromatic heterocycles. The van der Waals surface area contributed by atoms with Gasteiger partial charge in [0.1, 0.15) is 0 Å². The minimum absolute atomic E-state index is 0.725. The molecule has 8 aromatic carbocycles. The number of aromatic nitrogens is 3. The summed E-state index contributed by atoms with van der Waals surface area (Å²) < 4.78 is 2.32. The number of fused-ring (bicyclic) bond motifs is 7. The molecule has 11 rings (SSSR count). The van der Waals surface area contributed by atoms with E-state index >= 15 is 0 Å². The first-order valence-electron chi connectivity index (χ1n) is 18.5. The molecular weight excluding hydrogens is 687 g/mol. The lowest BCUT2D eigenvalue weighted by atomic mass is 9.89. The summed E-state index contributed by atoms with van der Waals surface area (Å²) in [5.41, 5.74) is 12.2. The molecule has 0 atom stereocenters. The first-order valence-corrected chi connectivity index (χ1v) is 19.3. The van der Waals surface area contributed by atoms with Crippen LogP contribution in [-0.4, -0.2) is 15.0 Å². The molecule has 0 unspecified atom stereocenters. The molecule has 0 saturated carbocycles. The number of nitrogens with zero attached hydrogens (tertiary/aromatic N) is 3. The largest absolute Gasteiger partial charge is 0.256 e. The van der Waals surface area contributed by atoms with E-state index in [0.717, 1.165) is 54.7 Å². The van der Waals surface area contributed by atoms with E-state index in [1.54, 1.807) is 11.3 Å². The molecule has 3 heterocycles.